The molecule has 0 saturated heterocycles. The van der Waals surface area contributed by atoms with Crippen molar-refractivity contribution >= 4 is 10.9 Å². The fraction of sp³-hybridized carbons (Fsp3) is 0.385. The Morgan fingerprint density at radius 3 is 3.12 bits per heavy atom. The normalized spacial score (nSPS) is 19.8. The summed E-state index contributed by atoms with van der Waals surface area (Å²) in [5.41, 5.74) is 9.96. The predicted octanol–water partition coefficient (Wildman–Crippen LogP) is 2.51. The SMILES string of the molecule is COc1ccc2[nH]c3c(c2c1)[C@H](N)CCC3. The van der Waals surface area contributed by atoms with Gasteiger partial charge in [-0.15, -0.1) is 0 Å². The number of hydrogen-bond acceptors (Lipinski definition) is 2. The van der Waals surface area contributed by atoms with Crippen LogP contribution < -0.4 is 10.5 Å². The van der Waals surface area contributed by atoms with Gasteiger partial charge in [-0.25, -0.2) is 0 Å². The van der Waals surface area contributed by atoms with Crippen LogP contribution >= 0.6 is 0 Å². The van der Waals surface area contributed by atoms with Gasteiger partial charge >= 0.3 is 0 Å². The minimum atomic E-state index is 0.171. The summed E-state index contributed by atoms with van der Waals surface area (Å²) in [4.78, 5) is 3.46. The Morgan fingerprint density at radius 2 is 2.31 bits per heavy atom. The fourth-order valence-electron chi connectivity index (χ4n) is 2.64. The summed E-state index contributed by atoms with van der Waals surface area (Å²) in [6.45, 7) is 0. The second-order valence-electron chi connectivity index (χ2n) is 4.43. The van der Waals surface area contributed by atoms with E-state index in [9.17, 15) is 0 Å². The number of fused-ring (bicyclic) bond motifs is 3. The van der Waals surface area contributed by atoms with Crippen molar-refractivity contribution in [3.05, 3.63) is 29.5 Å². The highest BCUT2D eigenvalue weighted by Crippen LogP contribution is 2.35. The standard InChI is InChI=1S/C13H16N2O/c1-16-8-5-6-11-9(7-8)13-10(14)3-2-4-12(13)15-11/h5-7,10,15H,2-4,14H2,1H3/t10-/m1/s1. The van der Waals surface area contributed by atoms with Crippen LogP contribution in [-0.2, 0) is 6.42 Å². The number of aromatic nitrogens is 1. The lowest BCUT2D eigenvalue weighted by atomic mass is 9.91. The molecule has 2 aromatic rings. The zero-order chi connectivity index (χ0) is 11.1. The summed E-state index contributed by atoms with van der Waals surface area (Å²) in [5.74, 6) is 0.895. The summed E-state index contributed by atoms with van der Waals surface area (Å²) >= 11 is 0. The summed E-state index contributed by atoms with van der Waals surface area (Å²) < 4.78 is 5.26. The molecule has 1 heterocycles. The molecule has 0 aliphatic heterocycles. The molecule has 0 unspecified atom stereocenters. The maximum absolute atomic E-state index is 6.19. The Labute approximate surface area is 94.6 Å². The largest absolute Gasteiger partial charge is 0.497 e. The van der Waals surface area contributed by atoms with Gasteiger partial charge in [-0.05, 0) is 43.0 Å². The number of rotatable bonds is 1. The number of nitrogens with one attached hydrogen (secondary N) is 1. The van der Waals surface area contributed by atoms with Crippen LogP contribution in [0.25, 0.3) is 10.9 Å². The number of aryl methyl sites for hydroxylation is 1. The minimum absolute atomic E-state index is 0.171. The van der Waals surface area contributed by atoms with Gasteiger partial charge in [0.15, 0.2) is 0 Å². The molecule has 16 heavy (non-hydrogen) atoms. The van der Waals surface area contributed by atoms with Gasteiger partial charge in [0.05, 0.1) is 7.11 Å². The van der Waals surface area contributed by atoms with Crippen LogP contribution in [0.2, 0.25) is 0 Å². The molecule has 0 fully saturated rings. The number of H-pyrrole nitrogens is 1. The maximum atomic E-state index is 6.19. The van der Waals surface area contributed by atoms with Crippen LogP contribution in [0, 0.1) is 0 Å². The van der Waals surface area contributed by atoms with Crippen molar-refractivity contribution in [3.8, 4) is 5.75 Å². The number of nitrogens with two attached hydrogens (primary N) is 1. The van der Waals surface area contributed by atoms with Crippen LogP contribution in [0.1, 0.15) is 30.1 Å². The highest BCUT2D eigenvalue weighted by molar-refractivity contribution is 5.86. The summed E-state index contributed by atoms with van der Waals surface area (Å²) in [7, 11) is 1.69. The van der Waals surface area contributed by atoms with E-state index in [-0.39, 0.29) is 6.04 Å². The molecule has 3 nitrogen and oxygen atoms in total. The molecule has 1 aromatic heterocycles. The van der Waals surface area contributed by atoms with Gasteiger partial charge in [-0.2, -0.15) is 0 Å². The molecule has 0 spiro atoms. The molecule has 1 aliphatic carbocycles. The minimum Gasteiger partial charge on any atom is -0.497 e. The fourth-order valence-corrected chi connectivity index (χ4v) is 2.64. The first-order valence-electron chi connectivity index (χ1n) is 5.73. The van der Waals surface area contributed by atoms with Crippen LogP contribution in [0.4, 0.5) is 0 Å². The molecule has 3 heteroatoms. The predicted molar refractivity (Wildman–Crippen MR) is 64.7 cm³/mol. The highest BCUT2D eigenvalue weighted by atomic mass is 16.5. The summed E-state index contributed by atoms with van der Waals surface area (Å²) in [6, 6.07) is 6.30. The molecule has 0 amide bonds. The first-order valence-corrected chi connectivity index (χ1v) is 5.73. The lowest BCUT2D eigenvalue weighted by Gasteiger charge is -2.18. The van der Waals surface area contributed by atoms with E-state index in [2.05, 4.69) is 17.1 Å². The molecule has 0 saturated carbocycles. The third-order valence-corrected chi connectivity index (χ3v) is 3.44. The summed E-state index contributed by atoms with van der Waals surface area (Å²) in [5, 5.41) is 1.22. The van der Waals surface area contributed by atoms with Crippen LogP contribution in [0.3, 0.4) is 0 Å². The molecule has 3 N–H and O–H groups in total. The van der Waals surface area contributed by atoms with E-state index in [1.54, 1.807) is 7.11 Å². The van der Waals surface area contributed by atoms with Gasteiger partial charge in [-0.1, -0.05) is 0 Å². The van der Waals surface area contributed by atoms with Gasteiger partial charge in [0.25, 0.3) is 0 Å². The molecule has 3 rings (SSSR count). The van der Waals surface area contributed by atoms with Crippen LogP contribution in [0.5, 0.6) is 5.75 Å². The number of methoxy groups -OCH3 is 1. The Balaban J connectivity index is 2.26. The van der Waals surface area contributed by atoms with E-state index in [4.69, 9.17) is 10.5 Å². The van der Waals surface area contributed by atoms with Gasteiger partial charge in [-0.3, -0.25) is 0 Å². The lowest BCUT2D eigenvalue weighted by molar-refractivity contribution is 0.415. The van der Waals surface area contributed by atoms with Crippen molar-refractivity contribution in [2.24, 2.45) is 5.73 Å². The number of ether oxygens (including phenoxy) is 1. The Bertz CT molecular complexity index is 530. The van der Waals surface area contributed by atoms with E-state index < -0.39 is 0 Å². The third kappa shape index (κ3) is 1.32. The molecular formula is C13H16N2O. The highest BCUT2D eigenvalue weighted by Gasteiger charge is 2.21. The van der Waals surface area contributed by atoms with Gasteiger partial charge in [0.2, 0.25) is 0 Å². The zero-order valence-electron chi connectivity index (χ0n) is 9.42. The monoisotopic (exact) mass is 216 g/mol. The van der Waals surface area contributed by atoms with Gasteiger partial charge in [0, 0.05) is 22.6 Å². The molecule has 0 bridgehead atoms. The second-order valence-corrected chi connectivity index (χ2v) is 4.43. The number of benzene rings is 1. The molecule has 1 atom stereocenters. The molecule has 1 aliphatic rings. The quantitative estimate of drug-likeness (QED) is 0.769. The second kappa shape index (κ2) is 3.52. The number of aromatic amines is 1. The van der Waals surface area contributed by atoms with Gasteiger partial charge in [0.1, 0.15) is 5.75 Å². The Morgan fingerprint density at radius 1 is 1.44 bits per heavy atom. The van der Waals surface area contributed by atoms with Crippen molar-refractivity contribution in [2.45, 2.75) is 25.3 Å². The zero-order valence-corrected chi connectivity index (χ0v) is 9.42. The first kappa shape index (κ1) is 9.73. The average Bonchev–Trinajstić information content (AvgIpc) is 2.67. The van der Waals surface area contributed by atoms with E-state index in [0.29, 0.717) is 0 Å². The number of hydrogen-bond donors (Lipinski definition) is 2. The van der Waals surface area contributed by atoms with E-state index in [1.165, 1.54) is 28.6 Å². The molecular weight excluding hydrogens is 200 g/mol. The third-order valence-electron chi connectivity index (χ3n) is 3.44. The van der Waals surface area contributed by atoms with Crippen LogP contribution in [0.15, 0.2) is 18.2 Å². The van der Waals surface area contributed by atoms with Gasteiger partial charge < -0.3 is 15.5 Å². The topological polar surface area (TPSA) is 51.0 Å². The Kier molecular flexibility index (Phi) is 2.14. The molecule has 0 radical (unpaired) electrons. The van der Waals surface area contributed by atoms with Crippen molar-refractivity contribution in [3.63, 3.8) is 0 Å². The van der Waals surface area contributed by atoms with Crippen LogP contribution in [-0.4, -0.2) is 12.1 Å². The van der Waals surface area contributed by atoms with Crippen molar-refractivity contribution < 1.29 is 4.74 Å². The smallest absolute Gasteiger partial charge is 0.119 e. The van der Waals surface area contributed by atoms with Crippen molar-refractivity contribution in [1.29, 1.82) is 0 Å². The van der Waals surface area contributed by atoms with E-state index in [0.717, 1.165) is 18.6 Å². The lowest BCUT2D eigenvalue weighted by Crippen LogP contribution is -2.16. The van der Waals surface area contributed by atoms with E-state index >= 15 is 0 Å². The first-order chi connectivity index (χ1) is 7.79. The molecule has 1 aromatic carbocycles. The van der Waals surface area contributed by atoms with E-state index in [1.807, 2.05) is 6.07 Å². The maximum Gasteiger partial charge on any atom is 0.119 e. The molecule has 84 valence electrons. The average molecular weight is 216 g/mol. The Hall–Kier alpha value is -1.48. The summed E-state index contributed by atoms with van der Waals surface area (Å²) in [6.07, 6.45) is 3.37. The van der Waals surface area contributed by atoms with Crippen molar-refractivity contribution in [2.75, 3.05) is 7.11 Å². The van der Waals surface area contributed by atoms with Crippen molar-refractivity contribution in [1.82, 2.24) is 4.98 Å².